The normalized spacial score (nSPS) is 14.4. The number of carbonyl (C=O) groups is 1. The van der Waals surface area contributed by atoms with Crippen LogP contribution in [0.25, 0.3) is 0 Å². The van der Waals surface area contributed by atoms with Crippen LogP contribution in [0.4, 0.5) is 5.95 Å². The molecule has 0 fully saturated rings. The summed E-state index contributed by atoms with van der Waals surface area (Å²) in [5, 5.41) is 31.8. The van der Waals surface area contributed by atoms with Crippen LogP contribution in [0.1, 0.15) is 6.92 Å². The molecule has 0 aliphatic heterocycles. The van der Waals surface area contributed by atoms with Gasteiger partial charge in [0.2, 0.25) is 0 Å². The SMILES string of the molecule is CC(O)(Cn1nc([N+](=O)[O-])nc1Br)C(=O)O. The molecule has 1 atom stereocenters. The molecule has 0 saturated heterocycles. The summed E-state index contributed by atoms with van der Waals surface area (Å²) in [6, 6.07) is 0. The van der Waals surface area contributed by atoms with Gasteiger partial charge in [-0.1, -0.05) is 0 Å². The van der Waals surface area contributed by atoms with Crippen LogP contribution in [0.5, 0.6) is 0 Å². The Bertz CT molecular complexity index is 442. The number of carboxylic acid groups (broad SMARTS) is 1. The van der Waals surface area contributed by atoms with Crippen LogP contribution in [0, 0.1) is 10.1 Å². The van der Waals surface area contributed by atoms with Crippen molar-refractivity contribution in [1.29, 1.82) is 0 Å². The number of halogens is 1. The lowest BCUT2D eigenvalue weighted by molar-refractivity contribution is -0.394. The van der Waals surface area contributed by atoms with Crippen LogP contribution in [0.15, 0.2) is 4.73 Å². The first kappa shape index (κ1) is 12.5. The van der Waals surface area contributed by atoms with Gasteiger partial charge in [0.25, 0.3) is 4.73 Å². The van der Waals surface area contributed by atoms with E-state index in [0.29, 0.717) is 0 Å². The molecule has 2 N–H and O–H groups in total. The molecule has 0 bridgehead atoms. The van der Waals surface area contributed by atoms with Gasteiger partial charge in [-0.15, -0.1) is 0 Å². The average molecular weight is 295 g/mol. The molecule has 16 heavy (non-hydrogen) atoms. The highest BCUT2D eigenvalue weighted by molar-refractivity contribution is 9.10. The van der Waals surface area contributed by atoms with Crippen molar-refractivity contribution in [3.63, 3.8) is 0 Å². The minimum atomic E-state index is -2.08. The third-order valence-electron chi connectivity index (χ3n) is 1.70. The van der Waals surface area contributed by atoms with Gasteiger partial charge < -0.3 is 20.3 Å². The Labute approximate surface area is 97.0 Å². The maximum Gasteiger partial charge on any atom is 0.492 e. The standard InChI is InChI=1S/C6H7BrN4O5/c1-6(14,3(12)13)2-10-4(7)8-5(9-10)11(15)16/h14H,2H2,1H3,(H,12,13). The second-order valence-corrected chi connectivity index (χ2v) is 3.88. The second-order valence-electron chi connectivity index (χ2n) is 3.17. The summed E-state index contributed by atoms with van der Waals surface area (Å²) in [6.07, 6.45) is 0. The number of carboxylic acids is 1. The van der Waals surface area contributed by atoms with Gasteiger partial charge in [0.1, 0.15) is 0 Å². The molecule has 1 unspecified atom stereocenters. The van der Waals surface area contributed by atoms with Gasteiger partial charge in [0, 0.05) is 21.0 Å². The van der Waals surface area contributed by atoms with E-state index in [-0.39, 0.29) is 4.73 Å². The van der Waals surface area contributed by atoms with Crippen LogP contribution >= 0.6 is 15.9 Å². The largest absolute Gasteiger partial charge is 0.492 e. The van der Waals surface area contributed by atoms with Crippen molar-refractivity contribution in [2.24, 2.45) is 0 Å². The summed E-state index contributed by atoms with van der Waals surface area (Å²) in [5.41, 5.74) is -2.08. The van der Waals surface area contributed by atoms with Crippen molar-refractivity contribution in [3.8, 4) is 0 Å². The zero-order valence-corrected chi connectivity index (χ0v) is 9.58. The number of hydrogen-bond donors (Lipinski definition) is 2. The number of aliphatic carboxylic acids is 1. The first-order valence-electron chi connectivity index (χ1n) is 3.94. The lowest BCUT2D eigenvalue weighted by Crippen LogP contribution is -2.39. The fourth-order valence-corrected chi connectivity index (χ4v) is 1.21. The smallest absolute Gasteiger partial charge is 0.479 e. The monoisotopic (exact) mass is 294 g/mol. The van der Waals surface area contributed by atoms with E-state index in [1.807, 2.05) is 0 Å². The highest BCUT2D eigenvalue weighted by Gasteiger charge is 2.34. The van der Waals surface area contributed by atoms with Crippen molar-refractivity contribution >= 4 is 27.8 Å². The number of rotatable bonds is 4. The first-order chi connectivity index (χ1) is 7.24. The van der Waals surface area contributed by atoms with Crippen LogP contribution in [0.2, 0.25) is 0 Å². The molecule has 0 aliphatic rings. The zero-order chi connectivity index (χ0) is 12.5. The van der Waals surface area contributed by atoms with Gasteiger partial charge in [-0.25, -0.2) is 4.79 Å². The number of aliphatic hydroxyl groups is 1. The van der Waals surface area contributed by atoms with E-state index < -0.39 is 29.0 Å². The fourth-order valence-electron chi connectivity index (χ4n) is 0.849. The quantitative estimate of drug-likeness (QED) is 0.580. The summed E-state index contributed by atoms with van der Waals surface area (Å²) in [4.78, 5) is 23.5. The van der Waals surface area contributed by atoms with Crippen LogP contribution in [0.3, 0.4) is 0 Å². The molecule has 0 saturated carbocycles. The van der Waals surface area contributed by atoms with Crippen molar-refractivity contribution in [2.45, 2.75) is 19.1 Å². The van der Waals surface area contributed by atoms with Crippen molar-refractivity contribution in [3.05, 3.63) is 14.8 Å². The van der Waals surface area contributed by atoms with Crippen LogP contribution in [-0.4, -0.2) is 41.5 Å². The van der Waals surface area contributed by atoms with Gasteiger partial charge in [-0.05, 0) is 16.8 Å². The maximum absolute atomic E-state index is 10.6. The summed E-state index contributed by atoms with van der Waals surface area (Å²) in [7, 11) is 0. The van der Waals surface area contributed by atoms with Gasteiger partial charge in [-0.2, -0.15) is 4.68 Å². The van der Waals surface area contributed by atoms with Crippen LogP contribution in [-0.2, 0) is 11.3 Å². The Hall–Kier alpha value is -1.55. The molecule has 1 aromatic rings. The van der Waals surface area contributed by atoms with E-state index in [2.05, 4.69) is 26.0 Å². The molecular formula is C6H7BrN4O5. The number of aromatic nitrogens is 3. The summed E-state index contributed by atoms with van der Waals surface area (Å²) in [6.45, 7) is 0.596. The third-order valence-corrected chi connectivity index (χ3v) is 2.28. The van der Waals surface area contributed by atoms with Crippen molar-refractivity contribution < 1.29 is 19.9 Å². The molecule has 1 heterocycles. The zero-order valence-electron chi connectivity index (χ0n) is 7.99. The Morgan fingerprint density at radius 1 is 1.75 bits per heavy atom. The van der Waals surface area contributed by atoms with Gasteiger partial charge >= 0.3 is 11.9 Å². The van der Waals surface area contributed by atoms with Gasteiger partial charge in [0.15, 0.2) is 5.60 Å². The lowest BCUT2D eigenvalue weighted by Gasteiger charge is -2.15. The minimum absolute atomic E-state index is 0.0271. The highest BCUT2D eigenvalue weighted by atomic mass is 79.9. The van der Waals surface area contributed by atoms with E-state index in [9.17, 15) is 20.0 Å². The molecular weight excluding hydrogens is 288 g/mol. The molecule has 0 aliphatic carbocycles. The number of nitrogens with zero attached hydrogens (tertiary/aromatic N) is 4. The van der Waals surface area contributed by atoms with E-state index in [0.717, 1.165) is 11.6 Å². The molecule has 1 aromatic heterocycles. The summed E-state index contributed by atoms with van der Waals surface area (Å²) in [5.74, 6) is -2.13. The Kier molecular flexibility index (Phi) is 3.24. The Morgan fingerprint density at radius 3 is 2.69 bits per heavy atom. The van der Waals surface area contributed by atoms with E-state index in [1.54, 1.807) is 0 Å². The highest BCUT2D eigenvalue weighted by Crippen LogP contribution is 2.16. The van der Waals surface area contributed by atoms with Crippen LogP contribution < -0.4 is 0 Å². The second kappa shape index (κ2) is 4.14. The molecule has 10 heteroatoms. The predicted octanol–water partition coefficient (Wildman–Crippen LogP) is -0.216. The average Bonchev–Trinajstić information content (AvgIpc) is 2.47. The first-order valence-corrected chi connectivity index (χ1v) is 4.74. The van der Waals surface area contributed by atoms with E-state index in [1.165, 1.54) is 0 Å². The molecule has 0 amide bonds. The van der Waals surface area contributed by atoms with E-state index in [4.69, 9.17) is 5.11 Å². The molecule has 9 nitrogen and oxygen atoms in total. The molecule has 0 aromatic carbocycles. The molecule has 0 spiro atoms. The van der Waals surface area contributed by atoms with Crippen molar-refractivity contribution in [2.75, 3.05) is 0 Å². The predicted molar refractivity (Wildman–Crippen MR) is 52.6 cm³/mol. The van der Waals surface area contributed by atoms with Gasteiger partial charge in [0.05, 0.1) is 6.54 Å². The Balaban J connectivity index is 2.98. The summed E-state index contributed by atoms with van der Waals surface area (Å²) < 4.78 is 0.868. The lowest BCUT2D eigenvalue weighted by atomic mass is 10.1. The minimum Gasteiger partial charge on any atom is -0.479 e. The van der Waals surface area contributed by atoms with Crippen molar-refractivity contribution in [1.82, 2.24) is 14.8 Å². The summed E-state index contributed by atoms with van der Waals surface area (Å²) >= 11 is 2.87. The van der Waals surface area contributed by atoms with E-state index >= 15 is 0 Å². The topological polar surface area (TPSA) is 131 Å². The number of hydrogen-bond acceptors (Lipinski definition) is 6. The molecule has 0 radical (unpaired) electrons. The van der Waals surface area contributed by atoms with Gasteiger partial charge in [-0.3, -0.25) is 0 Å². The number of nitro groups is 1. The molecule has 88 valence electrons. The maximum atomic E-state index is 10.6. The molecule has 1 rings (SSSR count). The Morgan fingerprint density at radius 2 is 2.31 bits per heavy atom. The third kappa shape index (κ3) is 2.52. The fraction of sp³-hybridized carbons (Fsp3) is 0.500.